The number of benzene rings is 1. The summed E-state index contributed by atoms with van der Waals surface area (Å²) in [6.07, 6.45) is 2.07. The van der Waals surface area contributed by atoms with E-state index in [4.69, 9.17) is 18.0 Å². The highest BCUT2D eigenvalue weighted by atomic mass is 32.1. The first-order valence-corrected chi connectivity index (χ1v) is 6.44. The van der Waals surface area contributed by atoms with Gasteiger partial charge in [0.1, 0.15) is 4.99 Å². The lowest BCUT2D eigenvalue weighted by Crippen LogP contribution is -2.35. The fourth-order valence-corrected chi connectivity index (χ4v) is 1.55. The Morgan fingerprint density at radius 3 is 2.50 bits per heavy atom. The van der Waals surface area contributed by atoms with Gasteiger partial charge in [0.2, 0.25) is 0 Å². The molecule has 1 rings (SSSR count). The molecule has 0 heterocycles. The summed E-state index contributed by atoms with van der Waals surface area (Å²) in [4.78, 5) is 11.8. The van der Waals surface area contributed by atoms with Gasteiger partial charge in [-0.2, -0.15) is 0 Å². The van der Waals surface area contributed by atoms with Gasteiger partial charge in [-0.1, -0.05) is 49.8 Å². The van der Waals surface area contributed by atoms with E-state index in [9.17, 15) is 4.79 Å². The molecule has 0 aromatic heterocycles. The van der Waals surface area contributed by atoms with Crippen LogP contribution in [-0.4, -0.2) is 17.6 Å². The van der Waals surface area contributed by atoms with Crippen molar-refractivity contribution < 1.29 is 4.79 Å². The van der Waals surface area contributed by atoms with E-state index >= 15 is 0 Å². The zero-order valence-corrected chi connectivity index (χ0v) is 11.3. The molecule has 1 aromatic rings. The number of nitrogens with one attached hydrogen (secondary N) is 2. The molecule has 4 N–H and O–H groups in total. The van der Waals surface area contributed by atoms with Crippen LogP contribution in [0.25, 0.3) is 0 Å². The molecule has 0 saturated heterocycles. The van der Waals surface area contributed by atoms with Gasteiger partial charge in [0.05, 0.1) is 0 Å². The number of urea groups is 1. The zero-order valence-electron chi connectivity index (χ0n) is 10.5. The van der Waals surface area contributed by atoms with Crippen LogP contribution in [0, 0.1) is 0 Å². The van der Waals surface area contributed by atoms with Crippen molar-refractivity contribution in [1.29, 1.82) is 0 Å². The Morgan fingerprint density at radius 1 is 1.28 bits per heavy atom. The van der Waals surface area contributed by atoms with Crippen LogP contribution < -0.4 is 16.4 Å². The quantitative estimate of drug-likeness (QED) is 0.544. The fourth-order valence-electron chi connectivity index (χ4n) is 1.41. The summed E-state index contributed by atoms with van der Waals surface area (Å²) >= 11 is 4.87. The van der Waals surface area contributed by atoms with E-state index in [0.29, 0.717) is 18.1 Å². The van der Waals surface area contributed by atoms with E-state index < -0.39 is 0 Å². The molecule has 0 aliphatic rings. The lowest BCUT2D eigenvalue weighted by molar-refractivity contribution is 0.240. The second kappa shape index (κ2) is 7.66. The van der Waals surface area contributed by atoms with Crippen molar-refractivity contribution >= 4 is 23.2 Å². The lowest BCUT2D eigenvalue weighted by Gasteiger charge is -2.07. The standard InChI is InChI=1S/C13H19N3OS/c1-2-3-8-15-13(17)16-9-10-4-6-11(7-5-10)12(14)18/h4-7H,2-3,8-9H2,1H3,(H2,14,18)(H2,15,16,17). The Labute approximate surface area is 113 Å². The minimum atomic E-state index is -0.137. The Hall–Kier alpha value is -1.62. The molecule has 18 heavy (non-hydrogen) atoms. The van der Waals surface area contributed by atoms with E-state index in [0.717, 1.165) is 24.0 Å². The Bertz CT molecular complexity index is 403. The Morgan fingerprint density at radius 2 is 1.94 bits per heavy atom. The molecule has 0 aliphatic carbocycles. The van der Waals surface area contributed by atoms with E-state index in [-0.39, 0.29) is 6.03 Å². The van der Waals surface area contributed by atoms with Gasteiger partial charge >= 0.3 is 6.03 Å². The normalized spacial score (nSPS) is 9.83. The van der Waals surface area contributed by atoms with Crippen molar-refractivity contribution in [2.75, 3.05) is 6.54 Å². The predicted molar refractivity (Wildman–Crippen MR) is 77.5 cm³/mol. The minimum Gasteiger partial charge on any atom is -0.389 e. The summed E-state index contributed by atoms with van der Waals surface area (Å²) in [5.74, 6) is 0. The van der Waals surface area contributed by atoms with Crippen molar-refractivity contribution in [3.8, 4) is 0 Å². The first-order chi connectivity index (χ1) is 8.63. The van der Waals surface area contributed by atoms with Crippen molar-refractivity contribution in [3.63, 3.8) is 0 Å². The third-order valence-electron chi connectivity index (χ3n) is 2.51. The van der Waals surface area contributed by atoms with Gasteiger partial charge in [-0.15, -0.1) is 0 Å². The molecule has 0 fully saturated rings. The largest absolute Gasteiger partial charge is 0.389 e. The summed E-state index contributed by atoms with van der Waals surface area (Å²) in [6.45, 7) is 3.29. The number of thiocarbonyl (C=S) groups is 1. The SMILES string of the molecule is CCCCNC(=O)NCc1ccc(C(N)=S)cc1. The molecular weight excluding hydrogens is 246 g/mol. The first-order valence-electron chi connectivity index (χ1n) is 6.04. The van der Waals surface area contributed by atoms with Crippen LogP contribution >= 0.6 is 12.2 Å². The van der Waals surface area contributed by atoms with Gasteiger partial charge < -0.3 is 16.4 Å². The number of amides is 2. The highest BCUT2D eigenvalue weighted by Gasteiger charge is 2.00. The van der Waals surface area contributed by atoms with E-state index in [2.05, 4.69) is 17.6 Å². The Balaban J connectivity index is 2.34. The van der Waals surface area contributed by atoms with Gasteiger partial charge in [-0.25, -0.2) is 4.79 Å². The molecular formula is C13H19N3OS. The molecule has 0 aliphatic heterocycles. The molecule has 0 radical (unpaired) electrons. The average Bonchev–Trinajstić information content (AvgIpc) is 2.37. The van der Waals surface area contributed by atoms with Crippen LogP contribution in [0.3, 0.4) is 0 Å². The summed E-state index contributed by atoms with van der Waals surface area (Å²) in [6, 6.07) is 7.38. The Kier molecular flexibility index (Phi) is 6.14. The molecule has 0 unspecified atom stereocenters. The summed E-state index contributed by atoms with van der Waals surface area (Å²) in [7, 11) is 0. The average molecular weight is 265 g/mol. The number of carbonyl (C=O) groups excluding carboxylic acids is 1. The molecule has 4 nitrogen and oxygen atoms in total. The van der Waals surface area contributed by atoms with Crippen LogP contribution in [0.15, 0.2) is 24.3 Å². The first kappa shape index (κ1) is 14.4. The van der Waals surface area contributed by atoms with Gasteiger partial charge in [0.25, 0.3) is 0 Å². The van der Waals surface area contributed by atoms with Gasteiger partial charge in [0, 0.05) is 18.7 Å². The molecule has 5 heteroatoms. The number of carbonyl (C=O) groups is 1. The van der Waals surface area contributed by atoms with Crippen molar-refractivity contribution in [1.82, 2.24) is 10.6 Å². The molecule has 0 saturated carbocycles. The van der Waals surface area contributed by atoms with Crippen LogP contribution in [0.1, 0.15) is 30.9 Å². The zero-order chi connectivity index (χ0) is 13.4. The smallest absolute Gasteiger partial charge is 0.315 e. The van der Waals surface area contributed by atoms with Crippen molar-refractivity contribution in [3.05, 3.63) is 35.4 Å². The second-order valence-corrected chi connectivity index (χ2v) is 4.46. The molecule has 0 atom stereocenters. The highest BCUT2D eigenvalue weighted by molar-refractivity contribution is 7.80. The summed E-state index contributed by atoms with van der Waals surface area (Å²) in [5, 5.41) is 5.59. The maximum absolute atomic E-state index is 11.4. The molecule has 98 valence electrons. The molecule has 2 amide bonds. The van der Waals surface area contributed by atoms with E-state index in [1.807, 2.05) is 24.3 Å². The highest BCUT2D eigenvalue weighted by Crippen LogP contribution is 2.03. The number of hydrogen-bond donors (Lipinski definition) is 3. The third-order valence-corrected chi connectivity index (χ3v) is 2.74. The molecule has 0 spiro atoms. The molecule has 0 bridgehead atoms. The lowest BCUT2D eigenvalue weighted by atomic mass is 10.1. The van der Waals surface area contributed by atoms with Crippen LogP contribution in [0.4, 0.5) is 4.79 Å². The minimum absolute atomic E-state index is 0.137. The third kappa shape index (κ3) is 5.14. The van der Waals surface area contributed by atoms with Crippen LogP contribution in [-0.2, 0) is 6.54 Å². The van der Waals surface area contributed by atoms with E-state index in [1.165, 1.54) is 0 Å². The maximum Gasteiger partial charge on any atom is 0.315 e. The number of unbranched alkanes of at least 4 members (excludes halogenated alkanes) is 1. The topological polar surface area (TPSA) is 67.2 Å². The van der Waals surface area contributed by atoms with Gasteiger partial charge in [-0.05, 0) is 12.0 Å². The second-order valence-electron chi connectivity index (χ2n) is 4.02. The maximum atomic E-state index is 11.4. The predicted octanol–water partition coefficient (Wildman–Crippen LogP) is 1.92. The van der Waals surface area contributed by atoms with Crippen LogP contribution in [0.5, 0.6) is 0 Å². The van der Waals surface area contributed by atoms with Crippen LogP contribution in [0.2, 0.25) is 0 Å². The van der Waals surface area contributed by atoms with Crippen molar-refractivity contribution in [2.24, 2.45) is 5.73 Å². The fraction of sp³-hybridized carbons (Fsp3) is 0.385. The molecule has 1 aromatic carbocycles. The van der Waals surface area contributed by atoms with Crippen molar-refractivity contribution in [2.45, 2.75) is 26.3 Å². The van der Waals surface area contributed by atoms with Gasteiger partial charge in [-0.3, -0.25) is 0 Å². The summed E-state index contributed by atoms with van der Waals surface area (Å²) < 4.78 is 0. The number of rotatable bonds is 6. The number of nitrogens with two attached hydrogens (primary N) is 1. The number of hydrogen-bond acceptors (Lipinski definition) is 2. The van der Waals surface area contributed by atoms with Gasteiger partial charge in [0.15, 0.2) is 0 Å². The monoisotopic (exact) mass is 265 g/mol. The van der Waals surface area contributed by atoms with E-state index in [1.54, 1.807) is 0 Å². The summed E-state index contributed by atoms with van der Waals surface area (Å²) in [5.41, 5.74) is 7.35.